The highest BCUT2D eigenvalue weighted by Gasteiger charge is 2.46. The molecule has 1 atom stereocenters. The predicted octanol–water partition coefficient (Wildman–Crippen LogP) is 5.74. The van der Waals surface area contributed by atoms with Gasteiger partial charge in [0.1, 0.15) is 11.8 Å². The molecule has 0 bridgehead atoms. The van der Waals surface area contributed by atoms with Crippen LogP contribution < -0.4 is 4.74 Å². The lowest BCUT2D eigenvalue weighted by Gasteiger charge is -2.51. The molecule has 0 radical (unpaired) electrons. The van der Waals surface area contributed by atoms with E-state index < -0.39 is 11.6 Å². The maximum Gasteiger partial charge on any atom is 0.324 e. The molecule has 5 nitrogen and oxygen atoms in total. The van der Waals surface area contributed by atoms with Gasteiger partial charge < -0.3 is 9.47 Å². The molecule has 4 aromatic carbocycles. The van der Waals surface area contributed by atoms with E-state index in [1.54, 1.807) is 7.11 Å². The number of methoxy groups -OCH3 is 1. The van der Waals surface area contributed by atoms with E-state index in [0.717, 1.165) is 24.4 Å². The zero-order chi connectivity index (χ0) is 27.1. The smallest absolute Gasteiger partial charge is 0.324 e. The Bertz CT molecular complexity index is 1250. The summed E-state index contributed by atoms with van der Waals surface area (Å²) in [4.78, 5) is 18.2. The maximum absolute atomic E-state index is 13.5. The van der Waals surface area contributed by atoms with Gasteiger partial charge in [-0.3, -0.25) is 14.6 Å². The Morgan fingerprint density at radius 3 is 1.87 bits per heavy atom. The van der Waals surface area contributed by atoms with Crippen LogP contribution in [0.4, 0.5) is 0 Å². The first-order valence-corrected chi connectivity index (χ1v) is 13.6. The van der Waals surface area contributed by atoms with Crippen molar-refractivity contribution in [3.05, 3.63) is 138 Å². The van der Waals surface area contributed by atoms with Crippen molar-refractivity contribution in [2.24, 2.45) is 0 Å². The van der Waals surface area contributed by atoms with Gasteiger partial charge in [-0.05, 0) is 41.3 Å². The second-order valence-electron chi connectivity index (χ2n) is 9.84. The van der Waals surface area contributed by atoms with E-state index in [2.05, 4.69) is 107 Å². The number of ether oxygens (including phenoxy) is 2. The molecule has 1 saturated heterocycles. The maximum atomic E-state index is 13.5. The topological polar surface area (TPSA) is 42.0 Å². The highest BCUT2D eigenvalue weighted by molar-refractivity contribution is 5.76. The molecule has 0 amide bonds. The Labute approximate surface area is 231 Å². The predicted molar refractivity (Wildman–Crippen MR) is 155 cm³/mol. The summed E-state index contributed by atoms with van der Waals surface area (Å²) in [5, 5.41) is 0. The Kier molecular flexibility index (Phi) is 8.40. The first kappa shape index (κ1) is 26.7. The van der Waals surface area contributed by atoms with Gasteiger partial charge in [-0.15, -0.1) is 0 Å². The van der Waals surface area contributed by atoms with Crippen LogP contribution in [0.15, 0.2) is 115 Å². The first-order valence-electron chi connectivity index (χ1n) is 13.6. The molecule has 1 fully saturated rings. The van der Waals surface area contributed by atoms with Gasteiger partial charge in [0, 0.05) is 26.2 Å². The number of benzene rings is 4. The van der Waals surface area contributed by atoms with Crippen LogP contribution in [0.5, 0.6) is 5.75 Å². The largest absolute Gasteiger partial charge is 0.497 e. The van der Waals surface area contributed by atoms with Crippen molar-refractivity contribution in [1.82, 2.24) is 9.80 Å². The van der Waals surface area contributed by atoms with Crippen molar-refractivity contribution in [2.45, 2.75) is 25.0 Å². The molecule has 0 aliphatic carbocycles. The number of nitrogens with zero attached hydrogens (tertiary/aromatic N) is 2. The lowest BCUT2D eigenvalue weighted by molar-refractivity contribution is -0.153. The van der Waals surface area contributed by atoms with Crippen LogP contribution in [0.25, 0.3) is 0 Å². The molecule has 200 valence electrons. The number of carbonyl (C=O) groups is 1. The van der Waals surface area contributed by atoms with Crippen molar-refractivity contribution in [1.29, 1.82) is 0 Å². The van der Waals surface area contributed by atoms with Crippen LogP contribution >= 0.6 is 0 Å². The number of piperazine rings is 1. The molecule has 39 heavy (non-hydrogen) atoms. The first-order chi connectivity index (χ1) is 19.2. The van der Waals surface area contributed by atoms with Crippen LogP contribution in [0.3, 0.4) is 0 Å². The van der Waals surface area contributed by atoms with Crippen molar-refractivity contribution in [3.8, 4) is 5.75 Å². The minimum absolute atomic E-state index is 0.187. The third-order valence-electron chi connectivity index (χ3n) is 7.62. The van der Waals surface area contributed by atoms with E-state index >= 15 is 0 Å². The van der Waals surface area contributed by atoms with Crippen molar-refractivity contribution >= 4 is 5.97 Å². The van der Waals surface area contributed by atoms with Gasteiger partial charge in [0.2, 0.25) is 0 Å². The van der Waals surface area contributed by atoms with Crippen molar-refractivity contribution < 1.29 is 14.3 Å². The summed E-state index contributed by atoms with van der Waals surface area (Å²) >= 11 is 0. The standard InChI is InChI=1S/C34H36N2O3/c1-3-39-33(37)32-26-36(23-22-35(32)25-27-14-13-21-31(24-27)38-2)34(28-15-7-4-8-16-28,29-17-9-5-10-18-29)30-19-11-6-12-20-30/h4-21,24,32H,3,22-23,25-26H2,1-2H3. The quantitative estimate of drug-likeness (QED) is 0.208. The van der Waals surface area contributed by atoms with E-state index in [1.807, 2.05) is 25.1 Å². The number of rotatable bonds is 9. The fourth-order valence-corrected chi connectivity index (χ4v) is 5.87. The Balaban J connectivity index is 1.60. The molecule has 4 aromatic rings. The van der Waals surface area contributed by atoms with Gasteiger partial charge in [0.25, 0.3) is 0 Å². The molecule has 0 N–H and O–H groups in total. The van der Waals surface area contributed by atoms with Crippen LogP contribution in [0.2, 0.25) is 0 Å². The van der Waals surface area contributed by atoms with Gasteiger partial charge in [-0.2, -0.15) is 0 Å². The van der Waals surface area contributed by atoms with Crippen molar-refractivity contribution in [3.63, 3.8) is 0 Å². The minimum atomic E-state index is -0.573. The van der Waals surface area contributed by atoms with Crippen molar-refractivity contribution in [2.75, 3.05) is 33.4 Å². The normalized spacial score (nSPS) is 16.5. The van der Waals surface area contributed by atoms with E-state index in [0.29, 0.717) is 19.7 Å². The molecule has 1 aliphatic heterocycles. The summed E-state index contributed by atoms with van der Waals surface area (Å²) in [5.41, 5.74) is 4.05. The van der Waals surface area contributed by atoms with Gasteiger partial charge in [-0.25, -0.2) is 0 Å². The lowest BCUT2D eigenvalue weighted by atomic mass is 9.75. The molecule has 1 aliphatic rings. The lowest BCUT2D eigenvalue weighted by Crippen LogP contribution is -2.62. The Hall–Kier alpha value is -3.93. The summed E-state index contributed by atoms with van der Waals surface area (Å²) < 4.78 is 11.1. The molecule has 5 rings (SSSR count). The summed E-state index contributed by atoms with van der Waals surface area (Å²) in [6.45, 7) is 4.88. The Morgan fingerprint density at radius 2 is 1.36 bits per heavy atom. The molecular weight excluding hydrogens is 484 g/mol. The third kappa shape index (κ3) is 5.47. The second-order valence-corrected chi connectivity index (χ2v) is 9.84. The molecular formula is C34H36N2O3. The highest BCUT2D eigenvalue weighted by atomic mass is 16.5. The SMILES string of the molecule is CCOC(=O)C1CN(C(c2ccccc2)(c2ccccc2)c2ccccc2)CCN1Cc1cccc(OC)c1. The molecule has 5 heteroatoms. The van der Waals surface area contributed by atoms with E-state index in [-0.39, 0.29) is 5.97 Å². The fraction of sp³-hybridized carbons (Fsp3) is 0.265. The molecule has 0 saturated carbocycles. The molecule has 1 unspecified atom stereocenters. The summed E-state index contributed by atoms with van der Waals surface area (Å²) in [7, 11) is 1.68. The minimum Gasteiger partial charge on any atom is -0.497 e. The number of hydrogen-bond donors (Lipinski definition) is 0. The second kappa shape index (κ2) is 12.3. The Morgan fingerprint density at radius 1 is 0.795 bits per heavy atom. The average molecular weight is 521 g/mol. The van der Waals surface area contributed by atoms with Gasteiger partial charge in [0.05, 0.1) is 19.3 Å². The highest BCUT2D eigenvalue weighted by Crippen LogP contribution is 2.43. The summed E-state index contributed by atoms with van der Waals surface area (Å²) in [6, 6.07) is 39.6. The molecule has 0 spiro atoms. The number of esters is 1. The number of hydrogen-bond acceptors (Lipinski definition) is 5. The molecule has 1 heterocycles. The fourth-order valence-electron chi connectivity index (χ4n) is 5.87. The van der Waals surface area contributed by atoms with E-state index in [4.69, 9.17) is 9.47 Å². The van der Waals surface area contributed by atoms with Crippen LogP contribution in [0, 0.1) is 0 Å². The zero-order valence-corrected chi connectivity index (χ0v) is 22.7. The number of carbonyl (C=O) groups excluding carboxylic acids is 1. The summed E-state index contributed by atoms with van der Waals surface area (Å²) in [5.74, 6) is 0.628. The third-order valence-corrected chi connectivity index (χ3v) is 7.62. The van der Waals surface area contributed by atoms with Gasteiger partial charge >= 0.3 is 5.97 Å². The molecule has 0 aromatic heterocycles. The van der Waals surface area contributed by atoms with Crippen LogP contribution in [-0.4, -0.2) is 55.2 Å². The monoisotopic (exact) mass is 520 g/mol. The van der Waals surface area contributed by atoms with Crippen LogP contribution in [-0.2, 0) is 21.6 Å². The van der Waals surface area contributed by atoms with Gasteiger partial charge in [0.15, 0.2) is 0 Å². The van der Waals surface area contributed by atoms with Gasteiger partial charge in [-0.1, -0.05) is 103 Å². The zero-order valence-electron chi connectivity index (χ0n) is 22.7. The average Bonchev–Trinajstić information content (AvgIpc) is 3.00. The van der Waals surface area contributed by atoms with E-state index in [1.165, 1.54) is 16.7 Å². The summed E-state index contributed by atoms with van der Waals surface area (Å²) in [6.07, 6.45) is 0. The van der Waals surface area contributed by atoms with E-state index in [9.17, 15) is 4.79 Å². The van der Waals surface area contributed by atoms with Crippen LogP contribution in [0.1, 0.15) is 29.2 Å².